The Hall–Kier alpha value is -0.640. The van der Waals surface area contributed by atoms with E-state index in [2.05, 4.69) is 5.32 Å². The summed E-state index contributed by atoms with van der Waals surface area (Å²) in [7, 11) is 0. The summed E-state index contributed by atoms with van der Waals surface area (Å²) < 4.78 is 0. The lowest BCUT2D eigenvalue weighted by Crippen LogP contribution is -2.54. The first-order valence-electron chi connectivity index (χ1n) is 5.73. The lowest BCUT2D eigenvalue weighted by Gasteiger charge is -2.29. The normalized spacial score (nSPS) is 23.7. The standard InChI is InChI=1S/C11H18N2OS/c12-10(15)11(5-1-2-6-11)13-9(14)7-8-3-4-8/h8H,1-7H2,(H2,12,15)(H,13,14). The summed E-state index contributed by atoms with van der Waals surface area (Å²) in [5.74, 6) is 0.752. The SMILES string of the molecule is NC(=S)C1(NC(=O)CC2CC2)CCCC1. The van der Waals surface area contributed by atoms with Crippen LogP contribution in [0.4, 0.5) is 0 Å². The molecule has 2 fully saturated rings. The third kappa shape index (κ3) is 2.48. The van der Waals surface area contributed by atoms with Crippen LogP contribution in [0.1, 0.15) is 44.9 Å². The van der Waals surface area contributed by atoms with Gasteiger partial charge in [0.2, 0.25) is 5.91 Å². The third-order valence-electron chi connectivity index (χ3n) is 3.48. The van der Waals surface area contributed by atoms with Crippen molar-refractivity contribution in [3.63, 3.8) is 0 Å². The molecule has 0 saturated heterocycles. The highest BCUT2D eigenvalue weighted by atomic mass is 32.1. The van der Waals surface area contributed by atoms with Crippen molar-refractivity contribution in [3.05, 3.63) is 0 Å². The summed E-state index contributed by atoms with van der Waals surface area (Å²) in [5.41, 5.74) is 5.38. The van der Waals surface area contributed by atoms with E-state index in [-0.39, 0.29) is 11.4 Å². The number of amides is 1. The Morgan fingerprint density at radius 2 is 2.00 bits per heavy atom. The zero-order valence-electron chi connectivity index (χ0n) is 8.92. The summed E-state index contributed by atoms with van der Waals surface area (Å²) in [6.07, 6.45) is 7.12. The van der Waals surface area contributed by atoms with Crippen LogP contribution in [0.15, 0.2) is 0 Å². The summed E-state index contributed by atoms with van der Waals surface area (Å²) >= 11 is 5.08. The highest BCUT2D eigenvalue weighted by molar-refractivity contribution is 7.80. The molecule has 2 rings (SSSR count). The second-order valence-electron chi connectivity index (χ2n) is 4.85. The van der Waals surface area contributed by atoms with Gasteiger partial charge < -0.3 is 11.1 Å². The third-order valence-corrected chi connectivity index (χ3v) is 3.87. The fourth-order valence-electron chi connectivity index (χ4n) is 2.31. The van der Waals surface area contributed by atoms with Gasteiger partial charge in [0.15, 0.2) is 0 Å². The number of nitrogens with one attached hydrogen (secondary N) is 1. The maximum absolute atomic E-state index is 11.7. The first-order valence-corrected chi connectivity index (χ1v) is 6.14. The minimum atomic E-state index is -0.360. The van der Waals surface area contributed by atoms with Crippen molar-refractivity contribution in [2.45, 2.75) is 50.5 Å². The molecule has 4 heteroatoms. The van der Waals surface area contributed by atoms with Gasteiger partial charge in [0.05, 0.1) is 10.5 Å². The largest absolute Gasteiger partial charge is 0.391 e. The number of hydrogen-bond acceptors (Lipinski definition) is 2. The molecule has 1 amide bonds. The number of carbonyl (C=O) groups is 1. The summed E-state index contributed by atoms with van der Waals surface area (Å²) in [6, 6.07) is 0. The molecule has 2 saturated carbocycles. The topological polar surface area (TPSA) is 55.1 Å². The highest BCUT2D eigenvalue weighted by Gasteiger charge is 2.38. The van der Waals surface area contributed by atoms with Crippen molar-refractivity contribution in [2.24, 2.45) is 11.7 Å². The summed E-state index contributed by atoms with van der Waals surface area (Å²) in [4.78, 5) is 12.2. The number of thiocarbonyl (C=S) groups is 1. The molecule has 3 nitrogen and oxygen atoms in total. The smallest absolute Gasteiger partial charge is 0.221 e. The molecule has 2 aliphatic carbocycles. The predicted molar refractivity (Wildman–Crippen MR) is 63.5 cm³/mol. The van der Waals surface area contributed by atoms with Crippen LogP contribution in [-0.4, -0.2) is 16.4 Å². The molecule has 0 aliphatic heterocycles. The van der Waals surface area contributed by atoms with Crippen LogP contribution in [0.5, 0.6) is 0 Å². The molecule has 0 bridgehead atoms. The van der Waals surface area contributed by atoms with E-state index < -0.39 is 0 Å². The lowest BCUT2D eigenvalue weighted by atomic mass is 9.97. The Labute approximate surface area is 95.8 Å². The quantitative estimate of drug-likeness (QED) is 0.714. The second-order valence-corrected chi connectivity index (χ2v) is 5.29. The Balaban J connectivity index is 1.93. The maximum atomic E-state index is 11.7. The van der Waals surface area contributed by atoms with Crippen LogP contribution in [0.3, 0.4) is 0 Å². The first kappa shape index (κ1) is 10.9. The van der Waals surface area contributed by atoms with Gasteiger partial charge in [-0.15, -0.1) is 0 Å². The van der Waals surface area contributed by atoms with Crippen molar-refractivity contribution < 1.29 is 4.79 Å². The van der Waals surface area contributed by atoms with Crippen LogP contribution >= 0.6 is 12.2 Å². The fraction of sp³-hybridized carbons (Fsp3) is 0.818. The monoisotopic (exact) mass is 226 g/mol. The van der Waals surface area contributed by atoms with Crippen LogP contribution in [0.25, 0.3) is 0 Å². The molecule has 0 radical (unpaired) electrons. The molecule has 0 aromatic rings. The Morgan fingerprint density at radius 1 is 1.40 bits per heavy atom. The van der Waals surface area contributed by atoms with Gasteiger partial charge in [-0.1, -0.05) is 25.1 Å². The van der Waals surface area contributed by atoms with Crippen LogP contribution in [0, 0.1) is 5.92 Å². The van der Waals surface area contributed by atoms with Crippen molar-refractivity contribution in [2.75, 3.05) is 0 Å². The van der Waals surface area contributed by atoms with E-state index in [9.17, 15) is 4.79 Å². The van der Waals surface area contributed by atoms with Gasteiger partial charge in [0, 0.05) is 6.42 Å². The minimum absolute atomic E-state index is 0.132. The summed E-state index contributed by atoms with van der Waals surface area (Å²) in [5, 5.41) is 3.06. The molecule has 84 valence electrons. The first-order chi connectivity index (χ1) is 7.12. The molecule has 0 aromatic heterocycles. The Morgan fingerprint density at radius 3 is 2.47 bits per heavy atom. The highest BCUT2D eigenvalue weighted by Crippen LogP contribution is 2.34. The fourth-order valence-corrected chi connectivity index (χ4v) is 2.57. The van der Waals surface area contributed by atoms with Gasteiger partial charge in [-0.05, 0) is 31.6 Å². The zero-order valence-corrected chi connectivity index (χ0v) is 9.74. The average Bonchev–Trinajstić information content (AvgIpc) is 2.82. The van der Waals surface area contributed by atoms with Gasteiger partial charge >= 0.3 is 0 Å². The van der Waals surface area contributed by atoms with E-state index in [0.717, 1.165) is 25.7 Å². The van der Waals surface area contributed by atoms with E-state index in [0.29, 0.717) is 17.3 Å². The van der Waals surface area contributed by atoms with E-state index >= 15 is 0 Å². The molecule has 15 heavy (non-hydrogen) atoms. The zero-order chi connectivity index (χ0) is 10.9. The molecule has 0 aromatic carbocycles. The van der Waals surface area contributed by atoms with Crippen molar-refractivity contribution >= 4 is 23.1 Å². The molecular formula is C11H18N2OS. The van der Waals surface area contributed by atoms with Gasteiger partial charge in [-0.2, -0.15) is 0 Å². The van der Waals surface area contributed by atoms with Crippen molar-refractivity contribution in [3.8, 4) is 0 Å². The average molecular weight is 226 g/mol. The van der Waals surface area contributed by atoms with E-state index in [1.54, 1.807) is 0 Å². The van der Waals surface area contributed by atoms with Gasteiger partial charge in [0.25, 0.3) is 0 Å². The molecule has 2 aliphatic rings. The minimum Gasteiger partial charge on any atom is -0.391 e. The summed E-state index contributed by atoms with van der Waals surface area (Å²) in [6.45, 7) is 0. The predicted octanol–water partition coefficient (Wildman–Crippen LogP) is 1.50. The van der Waals surface area contributed by atoms with Crippen LogP contribution < -0.4 is 11.1 Å². The molecular weight excluding hydrogens is 208 g/mol. The van der Waals surface area contributed by atoms with E-state index in [1.807, 2.05) is 0 Å². The van der Waals surface area contributed by atoms with E-state index in [1.165, 1.54) is 12.8 Å². The Bertz CT molecular complexity index is 280. The van der Waals surface area contributed by atoms with Gasteiger partial charge in [-0.3, -0.25) is 4.79 Å². The van der Waals surface area contributed by atoms with Crippen molar-refractivity contribution in [1.29, 1.82) is 0 Å². The lowest BCUT2D eigenvalue weighted by molar-refractivity contribution is -0.122. The molecule has 0 spiro atoms. The van der Waals surface area contributed by atoms with Crippen LogP contribution in [0.2, 0.25) is 0 Å². The maximum Gasteiger partial charge on any atom is 0.221 e. The number of rotatable bonds is 4. The Kier molecular flexibility index (Phi) is 2.96. The molecule has 3 N–H and O–H groups in total. The number of carbonyl (C=O) groups excluding carboxylic acids is 1. The van der Waals surface area contributed by atoms with Crippen molar-refractivity contribution in [1.82, 2.24) is 5.32 Å². The second kappa shape index (κ2) is 4.08. The molecule has 0 heterocycles. The van der Waals surface area contributed by atoms with Gasteiger partial charge in [0.1, 0.15) is 0 Å². The number of hydrogen-bond donors (Lipinski definition) is 2. The molecule has 0 unspecified atom stereocenters. The van der Waals surface area contributed by atoms with Crippen LogP contribution in [-0.2, 0) is 4.79 Å². The molecule has 0 atom stereocenters. The van der Waals surface area contributed by atoms with E-state index in [4.69, 9.17) is 18.0 Å². The van der Waals surface area contributed by atoms with Gasteiger partial charge in [-0.25, -0.2) is 0 Å². The number of nitrogens with two attached hydrogens (primary N) is 1.